The van der Waals surface area contributed by atoms with E-state index in [1.807, 2.05) is 54.6 Å². The zero-order valence-corrected chi connectivity index (χ0v) is 13.4. The van der Waals surface area contributed by atoms with Crippen molar-refractivity contribution >= 4 is 28.9 Å². The van der Waals surface area contributed by atoms with Crippen molar-refractivity contribution in [2.75, 3.05) is 5.32 Å². The summed E-state index contributed by atoms with van der Waals surface area (Å²) in [6.07, 6.45) is 1.72. The van der Waals surface area contributed by atoms with E-state index in [2.05, 4.69) is 20.4 Å². The van der Waals surface area contributed by atoms with E-state index in [-0.39, 0.29) is 4.84 Å². The molecule has 3 heterocycles. The van der Waals surface area contributed by atoms with E-state index < -0.39 is 0 Å². The Hall–Kier alpha value is -3.06. The second kappa shape index (κ2) is 6.21. The summed E-state index contributed by atoms with van der Waals surface area (Å²) >= 11 is 5.23. The van der Waals surface area contributed by atoms with Gasteiger partial charge in [0.1, 0.15) is 18.2 Å². The van der Waals surface area contributed by atoms with Gasteiger partial charge in [-0.05, 0) is 36.5 Å². The predicted octanol–water partition coefficient (Wildman–Crippen LogP) is 3.89. The standard InChI is InChI=1S/C17H13N5OS/c24-17-22(11-19-15-7-3-4-10-18-15)21-16(23-17)14-9-8-12-5-1-2-6-13(12)20-14/h1-10H,11H2,(H,18,19). The van der Waals surface area contributed by atoms with Crippen molar-refractivity contribution in [1.82, 2.24) is 19.7 Å². The predicted molar refractivity (Wildman–Crippen MR) is 93.9 cm³/mol. The molecule has 1 N–H and O–H groups in total. The first-order chi connectivity index (χ1) is 11.8. The first-order valence-corrected chi connectivity index (χ1v) is 7.79. The molecule has 0 spiro atoms. The minimum absolute atomic E-state index is 0.281. The van der Waals surface area contributed by atoms with E-state index in [4.69, 9.17) is 16.6 Å². The van der Waals surface area contributed by atoms with Gasteiger partial charge in [-0.2, -0.15) is 0 Å². The van der Waals surface area contributed by atoms with Gasteiger partial charge in [-0.3, -0.25) is 0 Å². The monoisotopic (exact) mass is 335 g/mol. The number of anilines is 1. The highest BCUT2D eigenvalue weighted by atomic mass is 32.1. The van der Waals surface area contributed by atoms with Crippen molar-refractivity contribution in [2.45, 2.75) is 6.67 Å². The third-order valence-corrected chi connectivity index (χ3v) is 3.79. The second-order valence-corrected chi connectivity index (χ2v) is 5.46. The largest absolute Gasteiger partial charge is 0.408 e. The van der Waals surface area contributed by atoms with E-state index in [9.17, 15) is 0 Å². The van der Waals surface area contributed by atoms with Crippen LogP contribution in [0.15, 0.2) is 65.2 Å². The third kappa shape index (κ3) is 2.89. The summed E-state index contributed by atoms with van der Waals surface area (Å²) in [6, 6.07) is 17.4. The molecule has 7 heteroatoms. The molecule has 4 aromatic rings. The molecule has 0 radical (unpaired) electrons. The van der Waals surface area contributed by atoms with Crippen LogP contribution >= 0.6 is 12.2 Å². The summed E-state index contributed by atoms with van der Waals surface area (Å²) in [4.78, 5) is 9.04. The molecule has 0 aliphatic rings. The number of hydrogen-bond donors (Lipinski definition) is 1. The Kier molecular flexibility index (Phi) is 3.76. The van der Waals surface area contributed by atoms with E-state index in [0.29, 0.717) is 18.3 Å². The van der Waals surface area contributed by atoms with Crippen LogP contribution in [0.4, 0.5) is 5.82 Å². The van der Waals surface area contributed by atoms with Crippen LogP contribution < -0.4 is 5.32 Å². The molecule has 24 heavy (non-hydrogen) atoms. The Morgan fingerprint density at radius 2 is 1.92 bits per heavy atom. The SMILES string of the molecule is S=c1oc(-c2ccc3ccccc3n2)nn1CNc1ccccn1. The van der Waals surface area contributed by atoms with Crippen LogP contribution in [-0.4, -0.2) is 19.7 Å². The topological polar surface area (TPSA) is 68.8 Å². The lowest BCUT2D eigenvalue weighted by Crippen LogP contribution is -2.10. The van der Waals surface area contributed by atoms with Crippen molar-refractivity contribution < 1.29 is 4.42 Å². The number of nitrogens with one attached hydrogen (secondary N) is 1. The van der Waals surface area contributed by atoms with Crippen LogP contribution in [0.3, 0.4) is 0 Å². The summed E-state index contributed by atoms with van der Waals surface area (Å²) in [5.74, 6) is 1.14. The fourth-order valence-corrected chi connectivity index (χ4v) is 2.50. The van der Waals surface area contributed by atoms with Gasteiger partial charge in [0, 0.05) is 11.6 Å². The van der Waals surface area contributed by atoms with Crippen molar-refractivity contribution in [3.63, 3.8) is 0 Å². The third-order valence-electron chi connectivity index (χ3n) is 3.50. The summed E-state index contributed by atoms with van der Waals surface area (Å²) in [6.45, 7) is 0.368. The number of rotatable bonds is 4. The number of para-hydroxylation sites is 1. The minimum atomic E-state index is 0.281. The van der Waals surface area contributed by atoms with Gasteiger partial charge in [-0.15, -0.1) is 5.10 Å². The molecular weight excluding hydrogens is 322 g/mol. The van der Waals surface area contributed by atoms with Crippen LogP contribution in [0.25, 0.3) is 22.5 Å². The molecule has 118 valence electrons. The van der Waals surface area contributed by atoms with Gasteiger partial charge in [-0.25, -0.2) is 14.6 Å². The Morgan fingerprint density at radius 3 is 2.79 bits per heavy atom. The molecule has 4 rings (SSSR count). The Bertz CT molecular complexity index is 1040. The molecule has 6 nitrogen and oxygen atoms in total. The van der Waals surface area contributed by atoms with Crippen LogP contribution in [0.2, 0.25) is 0 Å². The second-order valence-electron chi connectivity index (χ2n) is 5.11. The maximum Gasteiger partial charge on any atom is 0.289 e. The maximum absolute atomic E-state index is 5.58. The molecule has 1 aromatic carbocycles. The van der Waals surface area contributed by atoms with E-state index >= 15 is 0 Å². The highest BCUT2D eigenvalue weighted by molar-refractivity contribution is 7.71. The van der Waals surface area contributed by atoms with Gasteiger partial charge in [0.05, 0.1) is 5.52 Å². The Labute approximate surface area is 142 Å². The number of pyridine rings is 2. The number of aromatic nitrogens is 4. The zero-order chi connectivity index (χ0) is 16.4. The van der Waals surface area contributed by atoms with Crippen molar-refractivity contribution in [3.8, 4) is 11.6 Å². The molecule has 0 atom stereocenters. The van der Waals surface area contributed by atoms with Crippen molar-refractivity contribution in [2.24, 2.45) is 0 Å². The number of fused-ring (bicyclic) bond motifs is 1. The minimum Gasteiger partial charge on any atom is -0.408 e. The van der Waals surface area contributed by atoms with Gasteiger partial charge < -0.3 is 9.73 Å². The van der Waals surface area contributed by atoms with Crippen LogP contribution in [-0.2, 0) is 6.67 Å². The summed E-state index contributed by atoms with van der Waals surface area (Å²) in [7, 11) is 0. The molecule has 3 aromatic heterocycles. The lowest BCUT2D eigenvalue weighted by Gasteiger charge is -2.03. The molecule has 0 fully saturated rings. The molecule has 0 saturated carbocycles. The van der Waals surface area contributed by atoms with E-state index in [0.717, 1.165) is 16.7 Å². The fraction of sp³-hybridized carbons (Fsp3) is 0.0588. The van der Waals surface area contributed by atoms with Gasteiger partial charge in [0.15, 0.2) is 0 Å². The van der Waals surface area contributed by atoms with Gasteiger partial charge in [-0.1, -0.05) is 30.3 Å². The Balaban J connectivity index is 1.61. The van der Waals surface area contributed by atoms with Crippen LogP contribution in [0, 0.1) is 4.84 Å². The normalized spacial score (nSPS) is 10.8. The summed E-state index contributed by atoms with van der Waals surface area (Å²) in [5, 5.41) is 8.60. The number of benzene rings is 1. The molecule has 0 amide bonds. The molecule has 0 aliphatic carbocycles. The van der Waals surface area contributed by atoms with Crippen LogP contribution in [0.5, 0.6) is 0 Å². The smallest absolute Gasteiger partial charge is 0.289 e. The molecular formula is C17H13N5OS. The van der Waals surface area contributed by atoms with E-state index in [1.54, 1.807) is 10.9 Å². The summed E-state index contributed by atoms with van der Waals surface area (Å²) in [5.41, 5.74) is 1.54. The molecule has 0 aliphatic heterocycles. The zero-order valence-electron chi connectivity index (χ0n) is 12.6. The number of nitrogens with zero attached hydrogens (tertiary/aromatic N) is 4. The summed E-state index contributed by atoms with van der Waals surface area (Å²) < 4.78 is 7.15. The first kappa shape index (κ1) is 14.5. The Morgan fingerprint density at radius 1 is 1.04 bits per heavy atom. The molecule has 0 bridgehead atoms. The lowest BCUT2D eigenvalue weighted by molar-refractivity contribution is 0.521. The lowest BCUT2D eigenvalue weighted by atomic mass is 10.2. The first-order valence-electron chi connectivity index (χ1n) is 7.39. The van der Waals surface area contributed by atoms with Crippen molar-refractivity contribution in [1.29, 1.82) is 0 Å². The van der Waals surface area contributed by atoms with Crippen LogP contribution in [0.1, 0.15) is 0 Å². The van der Waals surface area contributed by atoms with E-state index in [1.165, 1.54) is 0 Å². The van der Waals surface area contributed by atoms with Crippen molar-refractivity contribution in [3.05, 3.63) is 65.6 Å². The molecule has 0 saturated heterocycles. The number of hydrogen-bond acceptors (Lipinski definition) is 6. The highest BCUT2D eigenvalue weighted by Crippen LogP contribution is 2.19. The van der Waals surface area contributed by atoms with Gasteiger partial charge >= 0.3 is 0 Å². The average molecular weight is 335 g/mol. The quantitative estimate of drug-likeness (QED) is 0.571. The average Bonchev–Trinajstić information content (AvgIpc) is 3.01. The van der Waals surface area contributed by atoms with Gasteiger partial charge in [0.25, 0.3) is 10.7 Å². The van der Waals surface area contributed by atoms with Gasteiger partial charge in [0.2, 0.25) is 0 Å². The highest BCUT2D eigenvalue weighted by Gasteiger charge is 2.10. The fourth-order valence-electron chi connectivity index (χ4n) is 2.32. The maximum atomic E-state index is 5.58. The molecule has 0 unspecified atom stereocenters.